The summed E-state index contributed by atoms with van der Waals surface area (Å²) < 4.78 is 5.33. The summed E-state index contributed by atoms with van der Waals surface area (Å²) in [6.45, 7) is 3.22. The summed E-state index contributed by atoms with van der Waals surface area (Å²) in [5, 5.41) is 0.971. The Balaban J connectivity index is 1.46. The first-order chi connectivity index (χ1) is 11.3. The highest BCUT2D eigenvalue weighted by Gasteiger charge is 2.22. The van der Waals surface area contributed by atoms with Crippen LogP contribution in [0.3, 0.4) is 0 Å². The Morgan fingerprint density at radius 1 is 0.913 bits per heavy atom. The van der Waals surface area contributed by atoms with Crippen molar-refractivity contribution < 1.29 is 9.21 Å². The molecule has 1 fully saturated rings. The van der Waals surface area contributed by atoms with E-state index in [1.165, 1.54) is 5.69 Å². The number of carbonyl (C=O) groups is 1. The van der Waals surface area contributed by atoms with Crippen LogP contribution >= 0.6 is 0 Å². The number of nitrogens with zero attached hydrogens (tertiary/aromatic N) is 2. The molecule has 1 aromatic heterocycles. The van der Waals surface area contributed by atoms with Crippen molar-refractivity contribution in [3.63, 3.8) is 0 Å². The van der Waals surface area contributed by atoms with E-state index in [9.17, 15) is 4.79 Å². The van der Waals surface area contributed by atoms with Gasteiger partial charge in [0.15, 0.2) is 0 Å². The molecule has 2 heterocycles. The van der Waals surface area contributed by atoms with Crippen LogP contribution in [0.1, 0.15) is 10.4 Å². The van der Waals surface area contributed by atoms with Crippen molar-refractivity contribution in [2.75, 3.05) is 31.1 Å². The molecule has 4 heteroatoms. The zero-order chi connectivity index (χ0) is 15.6. The van der Waals surface area contributed by atoms with Gasteiger partial charge < -0.3 is 14.2 Å². The SMILES string of the molecule is O=C(c1ccc2occc2c1)N1CCN(c2ccccc2)CC1. The molecule has 0 N–H and O–H groups in total. The molecule has 3 aromatic rings. The van der Waals surface area contributed by atoms with Crippen LogP contribution in [0.2, 0.25) is 0 Å². The number of hydrogen-bond acceptors (Lipinski definition) is 3. The number of furan rings is 1. The molecule has 0 saturated carbocycles. The van der Waals surface area contributed by atoms with Crippen LogP contribution in [-0.4, -0.2) is 37.0 Å². The number of hydrogen-bond donors (Lipinski definition) is 0. The predicted molar refractivity (Wildman–Crippen MR) is 90.8 cm³/mol. The van der Waals surface area contributed by atoms with Gasteiger partial charge in [0.05, 0.1) is 6.26 Å². The summed E-state index contributed by atoms with van der Waals surface area (Å²) in [6, 6.07) is 17.9. The highest BCUT2D eigenvalue weighted by molar-refractivity contribution is 5.97. The Hall–Kier alpha value is -2.75. The fourth-order valence-corrected chi connectivity index (χ4v) is 3.09. The molecule has 2 aromatic carbocycles. The second-order valence-corrected chi connectivity index (χ2v) is 5.79. The topological polar surface area (TPSA) is 36.7 Å². The van der Waals surface area contributed by atoms with E-state index in [4.69, 9.17) is 4.42 Å². The van der Waals surface area contributed by atoms with Gasteiger partial charge in [-0.25, -0.2) is 0 Å². The van der Waals surface area contributed by atoms with E-state index in [1.807, 2.05) is 47.4 Å². The maximum Gasteiger partial charge on any atom is 0.254 e. The average Bonchev–Trinajstić information content (AvgIpc) is 3.10. The first-order valence-electron chi connectivity index (χ1n) is 7.88. The number of amides is 1. The quantitative estimate of drug-likeness (QED) is 0.728. The van der Waals surface area contributed by atoms with Crippen LogP contribution in [0.4, 0.5) is 5.69 Å². The number of anilines is 1. The van der Waals surface area contributed by atoms with E-state index in [1.54, 1.807) is 6.26 Å². The molecule has 1 aliphatic rings. The normalized spacial score (nSPS) is 15.1. The minimum absolute atomic E-state index is 0.0980. The van der Waals surface area contributed by atoms with Gasteiger partial charge in [0.1, 0.15) is 5.58 Å². The maximum absolute atomic E-state index is 12.7. The van der Waals surface area contributed by atoms with Crippen molar-refractivity contribution in [3.05, 3.63) is 66.4 Å². The summed E-state index contributed by atoms with van der Waals surface area (Å²) in [7, 11) is 0. The van der Waals surface area contributed by atoms with E-state index in [0.29, 0.717) is 0 Å². The molecule has 0 spiro atoms. The molecule has 1 aliphatic heterocycles. The zero-order valence-electron chi connectivity index (χ0n) is 12.8. The third kappa shape index (κ3) is 2.68. The Kier molecular flexibility index (Phi) is 3.50. The molecule has 1 saturated heterocycles. The monoisotopic (exact) mass is 306 g/mol. The van der Waals surface area contributed by atoms with Crippen molar-refractivity contribution in [1.29, 1.82) is 0 Å². The van der Waals surface area contributed by atoms with Gasteiger partial charge in [0.2, 0.25) is 0 Å². The first kappa shape index (κ1) is 13.9. The van der Waals surface area contributed by atoms with Crippen LogP contribution < -0.4 is 4.90 Å². The van der Waals surface area contributed by atoms with Crippen molar-refractivity contribution in [3.8, 4) is 0 Å². The molecule has 4 nitrogen and oxygen atoms in total. The Morgan fingerprint density at radius 2 is 1.70 bits per heavy atom. The van der Waals surface area contributed by atoms with E-state index < -0.39 is 0 Å². The Morgan fingerprint density at radius 3 is 2.48 bits per heavy atom. The molecule has 116 valence electrons. The second-order valence-electron chi connectivity index (χ2n) is 5.79. The van der Waals surface area contributed by atoms with Crippen LogP contribution in [0, 0.1) is 0 Å². The van der Waals surface area contributed by atoms with Crippen molar-refractivity contribution in [2.24, 2.45) is 0 Å². The van der Waals surface area contributed by atoms with Gasteiger partial charge in [0, 0.05) is 42.8 Å². The number of para-hydroxylation sites is 1. The predicted octanol–water partition coefficient (Wildman–Crippen LogP) is 3.40. The van der Waals surface area contributed by atoms with Gasteiger partial charge in [-0.15, -0.1) is 0 Å². The third-order valence-corrected chi connectivity index (χ3v) is 4.39. The smallest absolute Gasteiger partial charge is 0.254 e. The highest BCUT2D eigenvalue weighted by Crippen LogP contribution is 2.20. The number of piperazine rings is 1. The van der Waals surface area contributed by atoms with Crippen LogP contribution in [0.5, 0.6) is 0 Å². The van der Waals surface area contributed by atoms with Crippen LogP contribution in [-0.2, 0) is 0 Å². The summed E-state index contributed by atoms with van der Waals surface area (Å²) >= 11 is 0. The van der Waals surface area contributed by atoms with Crippen LogP contribution in [0.15, 0.2) is 65.3 Å². The van der Waals surface area contributed by atoms with Gasteiger partial charge in [-0.1, -0.05) is 18.2 Å². The van der Waals surface area contributed by atoms with E-state index >= 15 is 0 Å². The van der Waals surface area contributed by atoms with Gasteiger partial charge in [-0.3, -0.25) is 4.79 Å². The minimum Gasteiger partial charge on any atom is -0.464 e. The molecule has 1 amide bonds. The summed E-state index contributed by atoms with van der Waals surface area (Å²) in [4.78, 5) is 16.9. The summed E-state index contributed by atoms with van der Waals surface area (Å²) in [6.07, 6.45) is 1.65. The molecular weight excluding hydrogens is 288 g/mol. The number of carbonyl (C=O) groups excluding carboxylic acids is 1. The van der Waals surface area contributed by atoms with Crippen LogP contribution in [0.25, 0.3) is 11.0 Å². The zero-order valence-corrected chi connectivity index (χ0v) is 12.8. The van der Waals surface area contributed by atoms with Gasteiger partial charge >= 0.3 is 0 Å². The third-order valence-electron chi connectivity index (χ3n) is 4.39. The van der Waals surface area contributed by atoms with E-state index in [2.05, 4.69) is 17.0 Å². The summed E-state index contributed by atoms with van der Waals surface area (Å²) in [5.41, 5.74) is 2.77. The van der Waals surface area contributed by atoms with Gasteiger partial charge in [-0.2, -0.15) is 0 Å². The molecule has 0 bridgehead atoms. The van der Waals surface area contributed by atoms with Crippen molar-refractivity contribution in [1.82, 2.24) is 4.90 Å². The largest absolute Gasteiger partial charge is 0.464 e. The molecule has 23 heavy (non-hydrogen) atoms. The fraction of sp³-hybridized carbons (Fsp3) is 0.211. The Labute approximate surface area is 134 Å². The molecule has 0 aliphatic carbocycles. The molecule has 0 radical (unpaired) electrons. The number of rotatable bonds is 2. The average molecular weight is 306 g/mol. The van der Waals surface area contributed by atoms with Gasteiger partial charge in [0.25, 0.3) is 5.91 Å². The lowest BCUT2D eigenvalue weighted by molar-refractivity contribution is 0.0747. The second kappa shape index (κ2) is 5.80. The molecule has 0 atom stereocenters. The lowest BCUT2D eigenvalue weighted by atomic mass is 10.1. The lowest BCUT2D eigenvalue weighted by Gasteiger charge is -2.36. The standard InChI is InChI=1S/C19H18N2O2/c22-19(16-6-7-18-15(14-16)8-13-23-18)21-11-9-20(10-12-21)17-4-2-1-3-5-17/h1-8,13-14H,9-12H2. The lowest BCUT2D eigenvalue weighted by Crippen LogP contribution is -2.48. The fourth-order valence-electron chi connectivity index (χ4n) is 3.09. The first-order valence-corrected chi connectivity index (χ1v) is 7.88. The Bertz CT molecular complexity index is 818. The highest BCUT2D eigenvalue weighted by atomic mass is 16.3. The maximum atomic E-state index is 12.7. The molecular formula is C19H18N2O2. The number of benzene rings is 2. The number of fused-ring (bicyclic) bond motifs is 1. The van der Waals surface area contributed by atoms with E-state index in [0.717, 1.165) is 42.7 Å². The van der Waals surface area contributed by atoms with Gasteiger partial charge in [-0.05, 0) is 36.4 Å². The summed E-state index contributed by atoms with van der Waals surface area (Å²) in [5.74, 6) is 0.0980. The van der Waals surface area contributed by atoms with Crippen molar-refractivity contribution >= 4 is 22.6 Å². The van der Waals surface area contributed by atoms with Crippen molar-refractivity contribution in [2.45, 2.75) is 0 Å². The van der Waals surface area contributed by atoms with E-state index in [-0.39, 0.29) is 5.91 Å². The minimum atomic E-state index is 0.0980. The molecule has 0 unspecified atom stereocenters. The molecule has 4 rings (SSSR count).